The number of rotatable bonds is 3. The van der Waals surface area contributed by atoms with E-state index in [0.717, 1.165) is 0 Å². The minimum Gasteiger partial charge on any atom is -0.350 e. The van der Waals surface area contributed by atoms with Gasteiger partial charge in [-0.3, -0.25) is 0 Å². The van der Waals surface area contributed by atoms with Crippen LogP contribution in [0, 0.1) is 5.41 Å². The van der Waals surface area contributed by atoms with Crippen LogP contribution in [0.15, 0.2) is 35.4 Å². The Morgan fingerprint density at radius 1 is 1.29 bits per heavy atom. The van der Waals surface area contributed by atoms with Crippen LogP contribution in [0.3, 0.4) is 0 Å². The van der Waals surface area contributed by atoms with Gasteiger partial charge >= 0.3 is 0 Å². The molecule has 3 heteroatoms. The highest BCUT2D eigenvalue weighted by molar-refractivity contribution is 8.00. The molecule has 1 aromatic heterocycles. The number of benzene rings is 1. The number of aromatic nitrogens is 1. The lowest BCUT2D eigenvalue weighted by molar-refractivity contribution is 0.398. The molecule has 0 aliphatic heterocycles. The molecule has 2 aromatic rings. The third-order valence-electron chi connectivity index (χ3n) is 2.95. The van der Waals surface area contributed by atoms with Crippen LogP contribution >= 0.6 is 11.8 Å². The third kappa shape index (κ3) is 2.85. The van der Waals surface area contributed by atoms with Crippen LogP contribution in [0.25, 0.3) is 10.9 Å². The Morgan fingerprint density at radius 3 is 2.59 bits per heavy atom. The van der Waals surface area contributed by atoms with E-state index in [9.17, 15) is 0 Å². The first-order valence-electron chi connectivity index (χ1n) is 5.95. The Bertz CT molecular complexity index is 463. The average molecular weight is 248 g/mol. The number of aromatic amines is 1. The highest BCUT2D eigenvalue weighted by atomic mass is 32.2. The molecule has 0 bridgehead atoms. The monoisotopic (exact) mass is 248 g/mol. The number of hydrogen-bond acceptors (Lipinski definition) is 2. The Labute approximate surface area is 107 Å². The first kappa shape index (κ1) is 12.5. The van der Waals surface area contributed by atoms with Crippen LogP contribution in [-0.2, 0) is 0 Å². The second kappa shape index (κ2) is 4.75. The Morgan fingerprint density at radius 2 is 2.00 bits per heavy atom. The van der Waals surface area contributed by atoms with Gasteiger partial charge in [0, 0.05) is 22.7 Å². The number of thioether (sulfide) groups is 1. The zero-order valence-corrected chi connectivity index (χ0v) is 11.5. The Hall–Kier alpha value is -0.930. The molecule has 0 spiro atoms. The highest BCUT2D eigenvalue weighted by Gasteiger charge is 2.24. The summed E-state index contributed by atoms with van der Waals surface area (Å²) < 4.78 is 0. The molecule has 0 aliphatic rings. The van der Waals surface area contributed by atoms with Gasteiger partial charge in [0.25, 0.3) is 0 Å². The summed E-state index contributed by atoms with van der Waals surface area (Å²) in [4.78, 5) is 3.44. The van der Waals surface area contributed by atoms with E-state index in [-0.39, 0.29) is 5.41 Å². The predicted molar refractivity (Wildman–Crippen MR) is 76.5 cm³/mol. The first-order valence-corrected chi connectivity index (χ1v) is 6.83. The molecule has 0 aliphatic carbocycles. The van der Waals surface area contributed by atoms with Crippen LogP contribution in [0.2, 0.25) is 0 Å². The molecule has 0 saturated carbocycles. The summed E-state index contributed by atoms with van der Waals surface area (Å²) in [6.07, 6.45) is 0. The number of nitrogens with two attached hydrogens (primary N) is 1. The molecule has 0 saturated heterocycles. The van der Waals surface area contributed by atoms with E-state index < -0.39 is 0 Å². The second-order valence-corrected chi connectivity index (χ2v) is 6.67. The largest absolute Gasteiger partial charge is 0.350 e. The van der Waals surface area contributed by atoms with E-state index in [1.54, 1.807) is 0 Å². The molecule has 1 atom stereocenters. The summed E-state index contributed by atoms with van der Waals surface area (Å²) in [5.41, 5.74) is 7.28. The van der Waals surface area contributed by atoms with E-state index in [4.69, 9.17) is 5.73 Å². The molecule has 92 valence electrons. The van der Waals surface area contributed by atoms with E-state index >= 15 is 0 Å². The van der Waals surface area contributed by atoms with Crippen molar-refractivity contribution in [2.45, 2.75) is 31.0 Å². The summed E-state index contributed by atoms with van der Waals surface area (Å²) >= 11 is 1.84. The van der Waals surface area contributed by atoms with Gasteiger partial charge in [-0.15, -0.1) is 11.8 Å². The van der Waals surface area contributed by atoms with Crippen molar-refractivity contribution >= 4 is 22.7 Å². The van der Waals surface area contributed by atoms with Crippen LogP contribution in [0.4, 0.5) is 0 Å². The fourth-order valence-corrected chi connectivity index (χ4v) is 2.96. The van der Waals surface area contributed by atoms with Gasteiger partial charge in [0.2, 0.25) is 0 Å². The topological polar surface area (TPSA) is 41.8 Å². The lowest BCUT2D eigenvalue weighted by atomic mass is 9.92. The van der Waals surface area contributed by atoms with Gasteiger partial charge in [-0.05, 0) is 17.5 Å². The summed E-state index contributed by atoms with van der Waals surface area (Å²) in [7, 11) is 0. The standard InChI is InChI=1S/C14H20N2S/c1-14(2,3)12(9-15)17-13-8-10-6-4-5-7-11(10)16-13/h4-8,12,16H,9,15H2,1-3H3. The van der Waals surface area contributed by atoms with Crippen molar-refractivity contribution in [3.8, 4) is 0 Å². The first-order chi connectivity index (χ1) is 8.00. The molecule has 2 nitrogen and oxygen atoms in total. The quantitative estimate of drug-likeness (QED) is 0.814. The molecule has 2 rings (SSSR count). The minimum atomic E-state index is 0.219. The molecule has 1 aromatic carbocycles. The van der Waals surface area contributed by atoms with Crippen LogP contribution in [-0.4, -0.2) is 16.8 Å². The number of H-pyrrole nitrogens is 1. The minimum absolute atomic E-state index is 0.219. The number of para-hydroxylation sites is 1. The lowest BCUT2D eigenvalue weighted by Gasteiger charge is -2.28. The molecule has 17 heavy (non-hydrogen) atoms. The Kier molecular flexibility index (Phi) is 3.50. The third-order valence-corrected chi connectivity index (χ3v) is 4.61. The number of hydrogen-bond donors (Lipinski definition) is 2. The molecule has 0 fully saturated rings. The fourth-order valence-electron chi connectivity index (χ4n) is 1.84. The Balaban J connectivity index is 2.23. The highest BCUT2D eigenvalue weighted by Crippen LogP contribution is 2.35. The second-order valence-electron chi connectivity index (χ2n) is 5.43. The van der Waals surface area contributed by atoms with Gasteiger partial charge in [-0.2, -0.15) is 0 Å². The lowest BCUT2D eigenvalue weighted by Crippen LogP contribution is -2.30. The SMILES string of the molecule is CC(C)(C)C(CN)Sc1cc2ccccc2[nH]1. The van der Waals surface area contributed by atoms with Gasteiger partial charge in [0.15, 0.2) is 0 Å². The fraction of sp³-hybridized carbons (Fsp3) is 0.429. The van der Waals surface area contributed by atoms with Gasteiger partial charge in [0.05, 0.1) is 5.03 Å². The zero-order chi connectivity index (χ0) is 12.5. The van der Waals surface area contributed by atoms with E-state index in [2.05, 4.69) is 56.1 Å². The molecule has 0 radical (unpaired) electrons. The summed E-state index contributed by atoms with van der Waals surface area (Å²) in [5.74, 6) is 0. The van der Waals surface area contributed by atoms with Crippen molar-refractivity contribution in [1.29, 1.82) is 0 Å². The maximum Gasteiger partial charge on any atom is 0.0735 e. The summed E-state index contributed by atoms with van der Waals surface area (Å²) in [6.45, 7) is 7.41. The zero-order valence-electron chi connectivity index (χ0n) is 10.7. The maximum absolute atomic E-state index is 5.87. The molecule has 0 amide bonds. The van der Waals surface area contributed by atoms with Crippen molar-refractivity contribution in [2.24, 2.45) is 11.1 Å². The van der Waals surface area contributed by atoms with Crippen molar-refractivity contribution in [3.05, 3.63) is 30.3 Å². The number of fused-ring (bicyclic) bond motifs is 1. The van der Waals surface area contributed by atoms with Crippen molar-refractivity contribution in [2.75, 3.05) is 6.54 Å². The van der Waals surface area contributed by atoms with Gasteiger partial charge in [-0.1, -0.05) is 39.0 Å². The van der Waals surface area contributed by atoms with Crippen LogP contribution in [0.1, 0.15) is 20.8 Å². The molecule has 1 heterocycles. The van der Waals surface area contributed by atoms with E-state index in [1.807, 2.05) is 11.8 Å². The molecule has 3 N–H and O–H groups in total. The molecular weight excluding hydrogens is 228 g/mol. The maximum atomic E-state index is 5.87. The van der Waals surface area contributed by atoms with Crippen LogP contribution in [0.5, 0.6) is 0 Å². The van der Waals surface area contributed by atoms with E-state index in [0.29, 0.717) is 11.8 Å². The molecular formula is C14H20N2S. The van der Waals surface area contributed by atoms with Crippen molar-refractivity contribution in [1.82, 2.24) is 4.98 Å². The van der Waals surface area contributed by atoms with E-state index in [1.165, 1.54) is 15.9 Å². The summed E-state index contributed by atoms with van der Waals surface area (Å²) in [5, 5.41) is 2.90. The predicted octanol–water partition coefficient (Wildman–Crippen LogP) is 3.63. The smallest absolute Gasteiger partial charge is 0.0735 e. The van der Waals surface area contributed by atoms with Gasteiger partial charge in [-0.25, -0.2) is 0 Å². The summed E-state index contributed by atoms with van der Waals surface area (Å²) in [6, 6.07) is 10.6. The number of nitrogens with one attached hydrogen (secondary N) is 1. The average Bonchev–Trinajstić information content (AvgIpc) is 2.66. The van der Waals surface area contributed by atoms with Gasteiger partial charge in [0.1, 0.15) is 0 Å². The van der Waals surface area contributed by atoms with Gasteiger partial charge < -0.3 is 10.7 Å². The van der Waals surface area contributed by atoms with Crippen molar-refractivity contribution in [3.63, 3.8) is 0 Å². The normalized spacial score (nSPS) is 14.1. The molecule has 1 unspecified atom stereocenters. The van der Waals surface area contributed by atoms with Crippen LogP contribution < -0.4 is 5.73 Å². The van der Waals surface area contributed by atoms with Crippen molar-refractivity contribution < 1.29 is 0 Å².